The average Bonchev–Trinajstić information content (AvgIpc) is 3.09. The molecule has 1 aliphatic carbocycles. The predicted octanol–water partition coefficient (Wildman–Crippen LogP) is 2.47. The Hall–Kier alpha value is -1.35. The van der Waals surface area contributed by atoms with Gasteiger partial charge in [-0.2, -0.15) is 0 Å². The van der Waals surface area contributed by atoms with Gasteiger partial charge in [-0.05, 0) is 56.4 Å². The molecule has 1 unspecified atom stereocenters. The summed E-state index contributed by atoms with van der Waals surface area (Å²) in [6.45, 7) is 6.07. The van der Waals surface area contributed by atoms with Gasteiger partial charge in [0.05, 0.1) is 12.7 Å². The highest BCUT2D eigenvalue weighted by Gasteiger charge is 2.48. The summed E-state index contributed by atoms with van der Waals surface area (Å²) in [5.41, 5.74) is 10.2. The SMILES string of the molecule is COC(=O)c1cc(C2(C(C)N)CC2)c(C)cc1C. The van der Waals surface area contributed by atoms with Crippen molar-refractivity contribution in [3.8, 4) is 0 Å². The molecule has 0 saturated heterocycles. The smallest absolute Gasteiger partial charge is 0.338 e. The molecule has 0 bridgehead atoms. The van der Waals surface area contributed by atoms with E-state index in [1.807, 2.05) is 19.9 Å². The Balaban J connectivity index is 2.52. The van der Waals surface area contributed by atoms with Crippen LogP contribution in [0.3, 0.4) is 0 Å². The summed E-state index contributed by atoms with van der Waals surface area (Å²) in [6, 6.07) is 4.15. The maximum Gasteiger partial charge on any atom is 0.338 e. The zero-order valence-corrected chi connectivity index (χ0v) is 11.5. The lowest BCUT2D eigenvalue weighted by molar-refractivity contribution is 0.0599. The number of hydrogen-bond donors (Lipinski definition) is 1. The molecule has 2 rings (SSSR count). The zero-order chi connectivity index (χ0) is 13.5. The van der Waals surface area contributed by atoms with Crippen LogP contribution >= 0.6 is 0 Å². The van der Waals surface area contributed by atoms with Gasteiger partial charge >= 0.3 is 5.97 Å². The number of carbonyl (C=O) groups excluding carboxylic acids is 1. The predicted molar refractivity (Wildman–Crippen MR) is 71.8 cm³/mol. The van der Waals surface area contributed by atoms with Crippen molar-refractivity contribution in [3.63, 3.8) is 0 Å². The molecule has 1 atom stereocenters. The summed E-state index contributed by atoms with van der Waals surface area (Å²) < 4.78 is 4.84. The first kappa shape index (κ1) is 13.1. The van der Waals surface area contributed by atoms with E-state index in [0.717, 1.165) is 18.4 Å². The van der Waals surface area contributed by atoms with Gasteiger partial charge in [0.2, 0.25) is 0 Å². The topological polar surface area (TPSA) is 52.3 Å². The maximum atomic E-state index is 11.8. The highest BCUT2D eigenvalue weighted by molar-refractivity contribution is 5.91. The summed E-state index contributed by atoms with van der Waals surface area (Å²) in [4.78, 5) is 11.8. The van der Waals surface area contributed by atoms with Crippen LogP contribution in [0.15, 0.2) is 12.1 Å². The Bertz CT molecular complexity index is 488. The molecule has 3 nitrogen and oxygen atoms in total. The van der Waals surface area contributed by atoms with E-state index in [-0.39, 0.29) is 17.4 Å². The number of methoxy groups -OCH3 is 1. The van der Waals surface area contributed by atoms with Gasteiger partial charge < -0.3 is 10.5 Å². The molecular weight excluding hydrogens is 226 g/mol. The van der Waals surface area contributed by atoms with E-state index < -0.39 is 0 Å². The third-order valence-corrected chi connectivity index (χ3v) is 4.17. The normalized spacial score (nSPS) is 18.3. The molecular formula is C15H21NO2. The lowest BCUT2D eigenvalue weighted by Gasteiger charge is -2.23. The van der Waals surface area contributed by atoms with Crippen molar-refractivity contribution in [1.82, 2.24) is 0 Å². The standard InChI is InChI=1S/C15H21NO2/c1-9-7-10(2)13(8-12(9)14(17)18-4)15(5-6-15)11(3)16/h7-8,11H,5-6,16H2,1-4H3. The van der Waals surface area contributed by atoms with Crippen molar-refractivity contribution < 1.29 is 9.53 Å². The fourth-order valence-corrected chi connectivity index (χ4v) is 2.82. The quantitative estimate of drug-likeness (QED) is 0.835. The van der Waals surface area contributed by atoms with Crippen LogP contribution in [0, 0.1) is 13.8 Å². The van der Waals surface area contributed by atoms with E-state index in [0.29, 0.717) is 5.56 Å². The fourth-order valence-electron chi connectivity index (χ4n) is 2.82. The largest absolute Gasteiger partial charge is 0.465 e. The maximum absolute atomic E-state index is 11.8. The Labute approximate surface area is 108 Å². The van der Waals surface area contributed by atoms with Crippen molar-refractivity contribution in [3.05, 3.63) is 34.4 Å². The summed E-state index contributed by atoms with van der Waals surface area (Å²) >= 11 is 0. The van der Waals surface area contributed by atoms with Gasteiger partial charge in [-0.25, -0.2) is 4.79 Å². The van der Waals surface area contributed by atoms with Crippen molar-refractivity contribution in [2.45, 2.75) is 45.1 Å². The van der Waals surface area contributed by atoms with Gasteiger partial charge in [0.25, 0.3) is 0 Å². The minimum atomic E-state index is -0.269. The van der Waals surface area contributed by atoms with Crippen molar-refractivity contribution in [2.75, 3.05) is 7.11 Å². The lowest BCUT2D eigenvalue weighted by Crippen LogP contribution is -2.32. The third-order valence-electron chi connectivity index (χ3n) is 4.17. The molecule has 1 saturated carbocycles. The lowest BCUT2D eigenvalue weighted by atomic mass is 9.84. The van der Waals surface area contributed by atoms with E-state index in [9.17, 15) is 4.79 Å². The first-order valence-electron chi connectivity index (χ1n) is 6.38. The van der Waals surface area contributed by atoms with E-state index in [2.05, 4.69) is 13.0 Å². The zero-order valence-electron chi connectivity index (χ0n) is 11.5. The number of esters is 1. The molecule has 0 heterocycles. The Morgan fingerprint density at radius 3 is 2.39 bits per heavy atom. The first-order valence-corrected chi connectivity index (χ1v) is 6.38. The van der Waals surface area contributed by atoms with E-state index in [1.54, 1.807) is 0 Å². The Morgan fingerprint density at radius 2 is 1.94 bits per heavy atom. The molecule has 0 aliphatic heterocycles. The van der Waals surface area contributed by atoms with Gasteiger partial charge in [0, 0.05) is 11.5 Å². The van der Waals surface area contributed by atoms with Crippen LogP contribution in [0.4, 0.5) is 0 Å². The van der Waals surface area contributed by atoms with Crippen molar-refractivity contribution in [1.29, 1.82) is 0 Å². The number of nitrogens with two attached hydrogens (primary N) is 1. The summed E-state index contributed by atoms with van der Waals surface area (Å²) in [6.07, 6.45) is 2.21. The van der Waals surface area contributed by atoms with Crippen LogP contribution in [0.1, 0.15) is 46.8 Å². The number of carbonyl (C=O) groups is 1. The second kappa shape index (κ2) is 4.39. The van der Waals surface area contributed by atoms with Crippen molar-refractivity contribution in [2.24, 2.45) is 5.73 Å². The molecule has 0 radical (unpaired) electrons. The van der Waals surface area contributed by atoms with Gasteiger partial charge in [0.15, 0.2) is 0 Å². The highest BCUT2D eigenvalue weighted by Crippen LogP contribution is 2.51. The molecule has 18 heavy (non-hydrogen) atoms. The van der Waals surface area contributed by atoms with Gasteiger partial charge in [-0.3, -0.25) is 0 Å². The van der Waals surface area contributed by atoms with Crippen LogP contribution in [0.5, 0.6) is 0 Å². The number of aryl methyl sites for hydroxylation is 2. The average molecular weight is 247 g/mol. The Kier molecular flexibility index (Phi) is 3.20. The van der Waals surface area contributed by atoms with Crippen molar-refractivity contribution >= 4 is 5.97 Å². The number of ether oxygens (including phenoxy) is 1. The molecule has 0 amide bonds. The molecule has 1 aromatic rings. The monoisotopic (exact) mass is 247 g/mol. The fraction of sp³-hybridized carbons (Fsp3) is 0.533. The first-order chi connectivity index (χ1) is 8.42. The summed E-state index contributed by atoms with van der Waals surface area (Å²) in [7, 11) is 1.42. The molecule has 1 fully saturated rings. The van der Waals surface area contributed by atoms with Crippen LogP contribution in [0.25, 0.3) is 0 Å². The van der Waals surface area contributed by atoms with Gasteiger partial charge in [-0.1, -0.05) is 6.07 Å². The van der Waals surface area contributed by atoms with Crippen LogP contribution in [-0.4, -0.2) is 19.1 Å². The van der Waals surface area contributed by atoms with Gasteiger partial charge in [0.1, 0.15) is 0 Å². The van der Waals surface area contributed by atoms with E-state index in [4.69, 9.17) is 10.5 Å². The molecule has 2 N–H and O–H groups in total. The van der Waals surface area contributed by atoms with Crippen LogP contribution in [0.2, 0.25) is 0 Å². The minimum absolute atomic E-state index is 0.0700. The summed E-state index contributed by atoms with van der Waals surface area (Å²) in [5, 5.41) is 0. The second-order valence-electron chi connectivity index (χ2n) is 5.42. The number of benzene rings is 1. The second-order valence-corrected chi connectivity index (χ2v) is 5.42. The van der Waals surface area contributed by atoms with E-state index in [1.165, 1.54) is 18.2 Å². The third kappa shape index (κ3) is 1.93. The molecule has 3 heteroatoms. The summed E-state index contributed by atoms with van der Waals surface area (Å²) in [5.74, 6) is -0.269. The van der Waals surface area contributed by atoms with Gasteiger partial charge in [-0.15, -0.1) is 0 Å². The molecule has 0 aromatic heterocycles. The highest BCUT2D eigenvalue weighted by atomic mass is 16.5. The molecule has 0 spiro atoms. The molecule has 1 aromatic carbocycles. The van der Waals surface area contributed by atoms with E-state index >= 15 is 0 Å². The molecule has 1 aliphatic rings. The number of hydrogen-bond acceptors (Lipinski definition) is 3. The van der Waals surface area contributed by atoms with Crippen LogP contribution in [-0.2, 0) is 10.2 Å². The van der Waals surface area contributed by atoms with Crippen LogP contribution < -0.4 is 5.73 Å². The number of rotatable bonds is 3. The molecule has 98 valence electrons. The Morgan fingerprint density at radius 1 is 1.33 bits per heavy atom. The minimum Gasteiger partial charge on any atom is -0.465 e.